The first kappa shape index (κ1) is 14.2. The zero-order valence-electron chi connectivity index (χ0n) is 12.8. The fraction of sp³-hybridized carbons (Fsp3) is 0.375. The molecular formula is C16H18FN5O. The molecule has 1 aromatic carbocycles. The molecule has 0 saturated carbocycles. The van der Waals surface area contributed by atoms with Gasteiger partial charge < -0.3 is 10.6 Å². The van der Waals surface area contributed by atoms with Crippen molar-refractivity contribution in [2.45, 2.75) is 18.8 Å². The Kier molecular flexibility index (Phi) is 3.12. The van der Waals surface area contributed by atoms with Crippen molar-refractivity contribution in [1.29, 1.82) is 0 Å². The normalized spacial score (nSPS) is 17.3. The van der Waals surface area contributed by atoms with E-state index < -0.39 is 11.7 Å². The molecule has 0 radical (unpaired) electrons. The summed E-state index contributed by atoms with van der Waals surface area (Å²) < 4.78 is 15.5. The first-order valence-electron chi connectivity index (χ1n) is 7.72. The minimum absolute atomic E-state index is 0.143. The number of piperidine rings is 1. The molecule has 1 saturated heterocycles. The Morgan fingerprint density at radius 2 is 2.13 bits per heavy atom. The van der Waals surface area contributed by atoms with Crippen LogP contribution < -0.4 is 5.73 Å². The van der Waals surface area contributed by atoms with E-state index in [1.807, 2.05) is 6.20 Å². The van der Waals surface area contributed by atoms with Crippen molar-refractivity contribution in [2.24, 2.45) is 5.73 Å². The molecule has 0 spiro atoms. The SMILES string of the molecule is CN1CCC(c2c[nH]n3c2nc2cc(F)cc(C(N)=O)c23)CC1. The minimum atomic E-state index is -0.660. The number of aromatic amines is 1. The van der Waals surface area contributed by atoms with Gasteiger partial charge in [0.15, 0.2) is 5.65 Å². The Labute approximate surface area is 132 Å². The van der Waals surface area contributed by atoms with Crippen LogP contribution in [0, 0.1) is 5.82 Å². The molecule has 2 aromatic heterocycles. The fourth-order valence-corrected chi connectivity index (χ4v) is 3.50. The highest BCUT2D eigenvalue weighted by atomic mass is 19.1. The van der Waals surface area contributed by atoms with E-state index in [4.69, 9.17) is 5.73 Å². The lowest BCUT2D eigenvalue weighted by molar-refractivity contribution is 0.100. The summed E-state index contributed by atoms with van der Waals surface area (Å²) in [5.74, 6) is -0.752. The predicted octanol–water partition coefficient (Wildman–Crippen LogP) is 1.86. The number of nitrogens with two attached hydrogens (primary N) is 1. The van der Waals surface area contributed by atoms with Crippen molar-refractivity contribution < 1.29 is 9.18 Å². The third-order valence-corrected chi connectivity index (χ3v) is 4.75. The number of rotatable bonds is 2. The van der Waals surface area contributed by atoms with Crippen molar-refractivity contribution >= 4 is 22.6 Å². The van der Waals surface area contributed by atoms with Crippen LogP contribution in [0.3, 0.4) is 0 Å². The topological polar surface area (TPSA) is 79.4 Å². The molecule has 6 nitrogen and oxygen atoms in total. The smallest absolute Gasteiger partial charge is 0.251 e. The van der Waals surface area contributed by atoms with Gasteiger partial charge in [-0.05, 0) is 45.0 Å². The number of hydrogen-bond acceptors (Lipinski definition) is 3. The molecule has 7 heteroatoms. The highest BCUT2D eigenvalue weighted by Gasteiger charge is 2.24. The van der Waals surface area contributed by atoms with Crippen molar-refractivity contribution in [2.75, 3.05) is 20.1 Å². The molecule has 3 heterocycles. The Morgan fingerprint density at radius 1 is 1.39 bits per heavy atom. The van der Waals surface area contributed by atoms with Crippen LogP contribution in [0.25, 0.3) is 16.7 Å². The monoisotopic (exact) mass is 315 g/mol. The predicted molar refractivity (Wildman–Crippen MR) is 85.0 cm³/mol. The molecule has 1 aliphatic rings. The number of nitrogens with one attached hydrogen (secondary N) is 1. The lowest BCUT2D eigenvalue weighted by atomic mass is 9.91. The average Bonchev–Trinajstić information content (AvgIpc) is 3.05. The number of H-pyrrole nitrogens is 1. The van der Waals surface area contributed by atoms with Crippen LogP contribution in [-0.2, 0) is 0 Å². The van der Waals surface area contributed by atoms with E-state index in [-0.39, 0.29) is 5.56 Å². The van der Waals surface area contributed by atoms with Crippen LogP contribution in [0.5, 0.6) is 0 Å². The Bertz CT molecular complexity index is 904. The van der Waals surface area contributed by atoms with Gasteiger partial charge in [-0.25, -0.2) is 13.9 Å². The van der Waals surface area contributed by atoms with E-state index >= 15 is 0 Å². The molecule has 4 rings (SSSR count). The van der Waals surface area contributed by atoms with Crippen LogP contribution in [0.15, 0.2) is 18.3 Å². The lowest BCUT2D eigenvalue weighted by Crippen LogP contribution is -2.29. The number of hydrogen-bond donors (Lipinski definition) is 2. The second kappa shape index (κ2) is 5.06. The number of imidazole rings is 1. The van der Waals surface area contributed by atoms with E-state index in [2.05, 4.69) is 22.0 Å². The molecule has 1 fully saturated rings. The van der Waals surface area contributed by atoms with Gasteiger partial charge in [0.05, 0.1) is 11.1 Å². The summed E-state index contributed by atoms with van der Waals surface area (Å²) >= 11 is 0. The van der Waals surface area contributed by atoms with E-state index in [9.17, 15) is 9.18 Å². The molecule has 120 valence electrons. The van der Waals surface area contributed by atoms with Crippen LogP contribution in [0.2, 0.25) is 0 Å². The first-order valence-corrected chi connectivity index (χ1v) is 7.72. The van der Waals surface area contributed by atoms with E-state index in [0.29, 0.717) is 17.0 Å². The lowest BCUT2D eigenvalue weighted by Gasteiger charge is -2.28. The summed E-state index contributed by atoms with van der Waals surface area (Å²) in [6, 6.07) is 2.50. The van der Waals surface area contributed by atoms with Gasteiger partial charge in [-0.2, -0.15) is 0 Å². The highest BCUT2D eigenvalue weighted by Crippen LogP contribution is 2.32. The van der Waals surface area contributed by atoms with Crippen LogP contribution >= 0.6 is 0 Å². The number of benzene rings is 1. The number of aromatic nitrogens is 3. The largest absolute Gasteiger partial charge is 0.366 e. The van der Waals surface area contributed by atoms with E-state index in [1.54, 1.807) is 4.52 Å². The summed E-state index contributed by atoms with van der Waals surface area (Å²) in [7, 11) is 2.12. The van der Waals surface area contributed by atoms with E-state index in [1.165, 1.54) is 6.07 Å². The Hall–Kier alpha value is -2.41. The summed E-state index contributed by atoms with van der Waals surface area (Å²) in [5, 5.41) is 3.14. The number of halogens is 1. The second-order valence-electron chi connectivity index (χ2n) is 6.26. The minimum Gasteiger partial charge on any atom is -0.366 e. The average molecular weight is 315 g/mol. The number of carbonyl (C=O) groups is 1. The van der Waals surface area contributed by atoms with Gasteiger partial charge >= 0.3 is 0 Å². The van der Waals surface area contributed by atoms with Gasteiger partial charge in [-0.15, -0.1) is 0 Å². The third kappa shape index (κ3) is 2.19. The standard InChI is InChI=1S/C16H18FN5O/c1-21-4-2-9(3-5-21)12-8-19-22-14-11(15(18)23)6-10(17)7-13(14)20-16(12)22/h6-9,19H,2-5H2,1H3,(H2,18,23). The quantitative estimate of drug-likeness (QED) is 0.757. The molecule has 3 N–H and O–H groups in total. The number of nitrogens with zero attached hydrogens (tertiary/aromatic N) is 3. The first-order chi connectivity index (χ1) is 11.0. The molecule has 1 aliphatic heterocycles. The summed E-state index contributed by atoms with van der Waals surface area (Å²) in [5.41, 5.74) is 8.39. The van der Waals surface area contributed by atoms with Gasteiger partial charge in [-0.3, -0.25) is 9.89 Å². The van der Waals surface area contributed by atoms with E-state index in [0.717, 1.165) is 43.2 Å². The fourth-order valence-electron chi connectivity index (χ4n) is 3.50. The van der Waals surface area contributed by atoms with Crippen LogP contribution in [0.1, 0.15) is 34.7 Å². The zero-order chi connectivity index (χ0) is 16.1. The van der Waals surface area contributed by atoms with Gasteiger partial charge in [0.2, 0.25) is 0 Å². The summed E-state index contributed by atoms with van der Waals surface area (Å²) in [6.07, 6.45) is 4.06. The van der Waals surface area contributed by atoms with Gasteiger partial charge in [-0.1, -0.05) is 0 Å². The zero-order valence-corrected chi connectivity index (χ0v) is 12.8. The molecule has 0 atom stereocenters. The molecule has 0 bridgehead atoms. The maximum Gasteiger partial charge on any atom is 0.251 e. The van der Waals surface area contributed by atoms with Gasteiger partial charge in [0.25, 0.3) is 5.91 Å². The maximum absolute atomic E-state index is 13.7. The second-order valence-corrected chi connectivity index (χ2v) is 6.26. The summed E-state index contributed by atoms with van der Waals surface area (Å²) in [6.45, 7) is 2.09. The molecular weight excluding hydrogens is 297 g/mol. The number of primary amides is 1. The van der Waals surface area contributed by atoms with Crippen molar-refractivity contribution in [3.63, 3.8) is 0 Å². The van der Waals surface area contributed by atoms with Gasteiger partial charge in [0.1, 0.15) is 11.3 Å². The van der Waals surface area contributed by atoms with Crippen molar-refractivity contribution in [1.82, 2.24) is 19.5 Å². The number of fused-ring (bicyclic) bond motifs is 3. The molecule has 0 unspecified atom stereocenters. The summed E-state index contributed by atoms with van der Waals surface area (Å²) in [4.78, 5) is 18.5. The number of amides is 1. The highest BCUT2D eigenvalue weighted by molar-refractivity contribution is 6.05. The molecule has 1 amide bonds. The van der Waals surface area contributed by atoms with Crippen LogP contribution in [-0.4, -0.2) is 45.5 Å². The Balaban J connectivity index is 1.90. The third-order valence-electron chi connectivity index (χ3n) is 4.75. The molecule has 3 aromatic rings. The molecule has 23 heavy (non-hydrogen) atoms. The van der Waals surface area contributed by atoms with Crippen molar-refractivity contribution in [3.05, 3.63) is 35.3 Å². The number of carbonyl (C=O) groups excluding carboxylic acids is 1. The van der Waals surface area contributed by atoms with Crippen molar-refractivity contribution in [3.8, 4) is 0 Å². The number of likely N-dealkylation sites (tertiary alicyclic amines) is 1. The van der Waals surface area contributed by atoms with Crippen LogP contribution in [0.4, 0.5) is 4.39 Å². The van der Waals surface area contributed by atoms with Gasteiger partial charge in [0, 0.05) is 17.8 Å². The maximum atomic E-state index is 13.7. The molecule has 0 aliphatic carbocycles. The Morgan fingerprint density at radius 3 is 2.83 bits per heavy atom.